The van der Waals surface area contributed by atoms with E-state index in [9.17, 15) is 4.79 Å². The summed E-state index contributed by atoms with van der Waals surface area (Å²) in [5, 5.41) is 2.82. The van der Waals surface area contributed by atoms with Crippen molar-refractivity contribution in [1.82, 2.24) is 5.32 Å². The van der Waals surface area contributed by atoms with Crippen molar-refractivity contribution in [3.05, 3.63) is 0 Å². The molecule has 0 saturated carbocycles. The lowest BCUT2D eigenvalue weighted by Gasteiger charge is -2.29. The molecular weight excluding hydrogens is 150 g/mol. The Morgan fingerprint density at radius 3 is 2.42 bits per heavy atom. The summed E-state index contributed by atoms with van der Waals surface area (Å²) in [7, 11) is 0. The summed E-state index contributed by atoms with van der Waals surface area (Å²) >= 11 is 0. The van der Waals surface area contributed by atoms with Gasteiger partial charge in [0.15, 0.2) is 0 Å². The molecule has 1 N–H and O–H groups in total. The Morgan fingerprint density at radius 1 is 1.67 bits per heavy atom. The first-order valence-corrected chi connectivity index (χ1v) is 4.25. The van der Waals surface area contributed by atoms with Crippen LogP contribution in [0, 0.1) is 18.3 Å². The predicted octanol–water partition coefficient (Wildman–Crippen LogP) is 1.56. The molecule has 0 aliphatic rings. The van der Waals surface area contributed by atoms with E-state index < -0.39 is 5.54 Å². The highest BCUT2D eigenvalue weighted by atomic mass is 16.1. The van der Waals surface area contributed by atoms with Gasteiger partial charge in [0.05, 0.1) is 0 Å². The van der Waals surface area contributed by atoms with Crippen molar-refractivity contribution < 1.29 is 4.79 Å². The molecule has 0 aliphatic carbocycles. The second-order valence-corrected chi connectivity index (χ2v) is 3.40. The van der Waals surface area contributed by atoms with Crippen LogP contribution in [0.15, 0.2) is 0 Å². The smallest absolute Gasteiger partial charge is 0.220 e. The highest BCUT2D eigenvalue weighted by Gasteiger charge is 2.26. The minimum atomic E-state index is -0.507. The van der Waals surface area contributed by atoms with Gasteiger partial charge in [-0.15, -0.1) is 6.42 Å². The average Bonchev–Trinajstić information content (AvgIpc) is 2.03. The van der Waals surface area contributed by atoms with E-state index in [0.29, 0.717) is 6.42 Å². The van der Waals surface area contributed by atoms with E-state index in [4.69, 9.17) is 6.42 Å². The number of amides is 1. The molecule has 0 fully saturated rings. The molecule has 0 heterocycles. The van der Waals surface area contributed by atoms with Gasteiger partial charge in [0.25, 0.3) is 0 Å². The van der Waals surface area contributed by atoms with Crippen molar-refractivity contribution in [3.8, 4) is 12.3 Å². The standard InChI is InChI=1S/C10H17NO/c1-6-9(12)11-10(5,7-2)8(3)4/h2,8H,6H2,1,3-5H3,(H,11,12). The third kappa shape index (κ3) is 2.58. The van der Waals surface area contributed by atoms with E-state index in [1.165, 1.54) is 0 Å². The van der Waals surface area contributed by atoms with Gasteiger partial charge >= 0.3 is 0 Å². The zero-order valence-corrected chi connectivity index (χ0v) is 8.27. The molecule has 12 heavy (non-hydrogen) atoms. The Morgan fingerprint density at radius 2 is 2.17 bits per heavy atom. The van der Waals surface area contributed by atoms with Crippen LogP contribution in [0.5, 0.6) is 0 Å². The molecule has 0 aromatic heterocycles. The molecule has 1 atom stereocenters. The van der Waals surface area contributed by atoms with E-state index in [1.807, 2.05) is 27.7 Å². The lowest BCUT2D eigenvalue weighted by atomic mass is 9.89. The fraction of sp³-hybridized carbons (Fsp3) is 0.700. The van der Waals surface area contributed by atoms with E-state index in [2.05, 4.69) is 11.2 Å². The van der Waals surface area contributed by atoms with Crippen molar-refractivity contribution in [1.29, 1.82) is 0 Å². The van der Waals surface area contributed by atoms with Crippen molar-refractivity contribution in [2.24, 2.45) is 5.92 Å². The lowest BCUT2D eigenvalue weighted by Crippen LogP contribution is -2.48. The maximum absolute atomic E-state index is 11.1. The molecule has 0 spiro atoms. The topological polar surface area (TPSA) is 29.1 Å². The monoisotopic (exact) mass is 167 g/mol. The lowest BCUT2D eigenvalue weighted by molar-refractivity contribution is -0.122. The zero-order chi connectivity index (χ0) is 9.78. The van der Waals surface area contributed by atoms with Crippen molar-refractivity contribution in [2.75, 3.05) is 0 Å². The minimum Gasteiger partial charge on any atom is -0.340 e. The minimum absolute atomic E-state index is 0.00384. The molecule has 68 valence electrons. The molecule has 0 rings (SSSR count). The number of carbonyl (C=O) groups is 1. The quantitative estimate of drug-likeness (QED) is 0.635. The number of nitrogens with one attached hydrogen (secondary N) is 1. The fourth-order valence-electron chi connectivity index (χ4n) is 0.725. The van der Waals surface area contributed by atoms with Crippen LogP contribution in [0.25, 0.3) is 0 Å². The first-order valence-electron chi connectivity index (χ1n) is 4.25. The number of hydrogen-bond acceptors (Lipinski definition) is 1. The highest BCUT2D eigenvalue weighted by molar-refractivity contribution is 5.76. The summed E-state index contributed by atoms with van der Waals surface area (Å²) in [5.74, 6) is 2.86. The van der Waals surface area contributed by atoms with Crippen LogP contribution in [0.3, 0.4) is 0 Å². The number of rotatable bonds is 3. The molecule has 2 heteroatoms. The van der Waals surface area contributed by atoms with Crippen LogP contribution < -0.4 is 5.32 Å². The van der Waals surface area contributed by atoms with E-state index >= 15 is 0 Å². The van der Waals surface area contributed by atoms with Crippen LogP contribution in [0.1, 0.15) is 34.1 Å². The number of hydrogen-bond donors (Lipinski definition) is 1. The molecule has 0 aromatic rings. The molecule has 0 saturated heterocycles. The third-order valence-corrected chi connectivity index (χ3v) is 2.17. The van der Waals surface area contributed by atoms with Gasteiger partial charge in [-0.3, -0.25) is 4.79 Å². The molecule has 0 bridgehead atoms. The molecule has 0 aromatic carbocycles. The summed E-state index contributed by atoms with van der Waals surface area (Å²) in [4.78, 5) is 11.1. The van der Waals surface area contributed by atoms with Crippen molar-refractivity contribution in [3.63, 3.8) is 0 Å². The van der Waals surface area contributed by atoms with Gasteiger partial charge in [-0.2, -0.15) is 0 Å². The number of carbonyl (C=O) groups excluding carboxylic acids is 1. The van der Waals surface area contributed by atoms with Crippen LogP contribution in [-0.4, -0.2) is 11.4 Å². The second kappa shape index (κ2) is 4.15. The first kappa shape index (κ1) is 11.0. The molecule has 2 nitrogen and oxygen atoms in total. The SMILES string of the molecule is C#CC(C)(NC(=O)CC)C(C)C. The number of terminal acetylenes is 1. The second-order valence-electron chi connectivity index (χ2n) is 3.40. The maximum atomic E-state index is 11.1. The average molecular weight is 167 g/mol. The summed E-state index contributed by atoms with van der Waals surface area (Å²) in [6.45, 7) is 7.67. The van der Waals surface area contributed by atoms with Gasteiger partial charge in [-0.25, -0.2) is 0 Å². The van der Waals surface area contributed by atoms with Gasteiger partial charge in [0.2, 0.25) is 5.91 Å². The van der Waals surface area contributed by atoms with Crippen molar-refractivity contribution >= 4 is 5.91 Å². The Labute approximate surface area is 74.7 Å². The first-order chi connectivity index (χ1) is 5.46. The van der Waals surface area contributed by atoms with Crippen LogP contribution in [0.2, 0.25) is 0 Å². The molecular formula is C10H17NO. The fourth-order valence-corrected chi connectivity index (χ4v) is 0.725. The Balaban J connectivity index is 4.37. The van der Waals surface area contributed by atoms with Crippen molar-refractivity contribution in [2.45, 2.75) is 39.7 Å². The van der Waals surface area contributed by atoms with Gasteiger partial charge < -0.3 is 5.32 Å². The molecule has 0 aliphatic heterocycles. The Bertz CT molecular complexity index is 202. The molecule has 1 unspecified atom stereocenters. The third-order valence-electron chi connectivity index (χ3n) is 2.17. The largest absolute Gasteiger partial charge is 0.340 e. The van der Waals surface area contributed by atoms with Crippen LogP contribution in [0.4, 0.5) is 0 Å². The summed E-state index contributed by atoms with van der Waals surface area (Å²) in [6.07, 6.45) is 5.82. The predicted molar refractivity (Wildman–Crippen MR) is 50.5 cm³/mol. The highest BCUT2D eigenvalue weighted by Crippen LogP contribution is 2.14. The summed E-state index contributed by atoms with van der Waals surface area (Å²) in [5.41, 5.74) is -0.507. The van der Waals surface area contributed by atoms with Crippen LogP contribution >= 0.6 is 0 Å². The molecule has 1 amide bonds. The van der Waals surface area contributed by atoms with Gasteiger partial charge in [0, 0.05) is 6.42 Å². The maximum Gasteiger partial charge on any atom is 0.220 e. The van der Waals surface area contributed by atoms with E-state index in [0.717, 1.165) is 0 Å². The molecule has 0 radical (unpaired) electrons. The summed E-state index contributed by atoms with van der Waals surface area (Å²) < 4.78 is 0. The van der Waals surface area contributed by atoms with Gasteiger partial charge in [-0.1, -0.05) is 26.7 Å². The zero-order valence-electron chi connectivity index (χ0n) is 8.27. The van der Waals surface area contributed by atoms with Gasteiger partial charge in [0.1, 0.15) is 5.54 Å². The van der Waals surface area contributed by atoms with Gasteiger partial charge in [-0.05, 0) is 12.8 Å². The normalized spacial score (nSPS) is 15.0. The van der Waals surface area contributed by atoms with E-state index in [1.54, 1.807) is 0 Å². The van der Waals surface area contributed by atoms with E-state index in [-0.39, 0.29) is 11.8 Å². The Kier molecular flexibility index (Phi) is 3.82. The Hall–Kier alpha value is -0.970. The summed E-state index contributed by atoms with van der Waals surface area (Å²) in [6, 6.07) is 0. The van der Waals surface area contributed by atoms with Crippen LogP contribution in [-0.2, 0) is 4.79 Å².